The predicted molar refractivity (Wildman–Crippen MR) is 92.4 cm³/mol. The zero-order valence-corrected chi connectivity index (χ0v) is 15.2. The zero-order chi connectivity index (χ0) is 16.7. The minimum Gasteiger partial charge on any atom is -0.375 e. The van der Waals surface area contributed by atoms with Gasteiger partial charge in [0.05, 0.1) is 18.2 Å². The van der Waals surface area contributed by atoms with E-state index in [-0.39, 0.29) is 24.3 Å². The molecule has 1 aromatic rings. The number of hydrogen-bond acceptors (Lipinski definition) is 6. The van der Waals surface area contributed by atoms with E-state index in [1.165, 1.54) is 7.11 Å². The van der Waals surface area contributed by atoms with E-state index in [1.54, 1.807) is 28.0 Å². The van der Waals surface area contributed by atoms with Crippen LogP contribution in [0.2, 0.25) is 0 Å². The number of nitrogens with zero attached hydrogens (tertiary/aromatic N) is 2. The van der Waals surface area contributed by atoms with E-state index in [4.69, 9.17) is 4.74 Å². The van der Waals surface area contributed by atoms with Crippen LogP contribution >= 0.6 is 23.1 Å². The standard InChI is InChI=1S/C15H23N3O3S2/c1-21-8-14(19)18-5-3-4-11(7-18)15(20)16-6-12-9-23-13(17-12)10-22-2/h9,11H,3-8,10H2,1-2H3,(H,16,20)/t11-/m0/s1. The second kappa shape index (κ2) is 9.24. The third kappa shape index (κ3) is 5.47. The van der Waals surface area contributed by atoms with E-state index in [2.05, 4.69) is 10.3 Å². The Balaban J connectivity index is 1.81. The molecule has 0 radical (unpaired) electrons. The molecule has 1 atom stereocenters. The molecule has 23 heavy (non-hydrogen) atoms. The van der Waals surface area contributed by atoms with Gasteiger partial charge in [-0.1, -0.05) is 0 Å². The van der Waals surface area contributed by atoms with Gasteiger partial charge in [0.25, 0.3) is 0 Å². The van der Waals surface area contributed by atoms with Crippen molar-refractivity contribution in [3.05, 3.63) is 16.1 Å². The third-order valence-electron chi connectivity index (χ3n) is 3.72. The van der Waals surface area contributed by atoms with Crippen LogP contribution in [0.15, 0.2) is 5.38 Å². The fourth-order valence-electron chi connectivity index (χ4n) is 2.57. The first kappa shape index (κ1) is 18.2. The van der Waals surface area contributed by atoms with Crippen molar-refractivity contribution in [2.45, 2.75) is 25.1 Å². The number of ether oxygens (including phenoxy) is 1. The van der Waals surface area contributed by atoms with Crippen LogP contribution in [-0.4, -0.2) is 54.8 Å². The summed E-state index contributed by atoms with van der Waals surface area (Å²) in [5, 5.41) is 6.01. The Morgan fingerprint density at radius 3 is 3.13 bits per heavy atom. The summed E-state index contributed by atoms with van der Waals surface area (Å²) in [5.74, 6) is 0.706. The van der Waals surface area contributed by atoms with Gasteiger partial charge < -0.3 is 15.0 Å². The summed E-state index contributed by atoms with van der Waals surface area (Å²) in [6.07, 6.45) is 3.71. The number of methoxy groups -OCH3 is 1. The number of carbonyl (C=O) groups excluding carboxylic acids is 2. The summed E-state index contributed by atoms with van der Waals surface area (Å²) in [6, 6.07) is 0. The number of piperidine rings is 1. The predicted octanol–water partition coefficient (Wildman–Crippen LogP) is 1.51. The highest BCUT2D eigenvalue weighted by Crippen LogP contribution is 2.18. The molecule has 1 fully saturated rings. The van der Waals surface area contributed by atoms with Crippen molar-refractivity contribution in [3.8, 4) is 0 Å². The number of carbonyl (C=O) groups is 2. The molecule has 0 unspecified atom stereocenters. The summed E-state index contributed by atoms with van der Waals surface area (Å²) in [4.78, 5) is 30.4. The van der Waals surface area contributed by atoms with Crippen LogP contribution in [0.4, 0.5) is 0 Å². The molecule has 0 saturated carbocycles. The average molecular weight is 358 g/mol. The normalized spacial score (nSPS) is 18.0. The Labute approximate surface area is 145 Å². The Hall–Kier alpha value is -1.12. The number of nitrogens with one attached hydrogen (secondary N) is 1. The van der Waals surface area contributed by atoms with Crippen LogP contribution in [0.5, 0.6) is 0 Å². The van der Waals surface area contributed by atoms with Crippen molar-refractivity contribution in [1.29, 1.82) is 0 Å². The Kier molecular flexibility index (Phi) is 7.32. The second-order valence-corrected chi connectivity index (χ2v) is 7.30. The lowest BCUT2D eigenvalue weighted by Crippen LogP contribution is -2.46. The first-order chi connectivity index (χ1) is 11.1. The highest BCUT2D eigenvalue weighted by molar-refractivity contribution is 7.97. The summed E-state index contributed by atoms with van der Waals surface area (Å²) in [6.45, 7) is 1.70. The quantitative estimate of drug-likeness (QED) is 0.801. The molecule has 1 aliphatic heterocycles. The largest absolute Gasteiger partial charge is 0.375 e. The summed E-state index contributed by atoms with van der Waals surface area (Å²) >= 11 is 3.36. The van der Waals surface area contributed by atoms with Gasteiger partial charge in [-0.05, 0) is 19.1 Å². The van der Waals surface area contributed by atoms with Gasteiger partial charge >= 0.3 is 0 Å². The van der Waals surface area contributed by atoms with Gasteiger partial charge in [0.2, 0.25) is 11.8 Å². The van der Waals surface area contributed by atoms with E-state index in [9.17, 15) is 9.59 Å². The van der Waals surface area contributed by atoms with Gasteiger partial charge in [-0.15, -0.1) is 11.3 Å². The third-order valence-corrected chi connectivity index (χ3v) is 5.37. The molecule has 8 heteroatoms. The maximum atomic E-state index is 12.3. The van der Waals surface area contributed by atoms with Crippen LogP contribution in [0.3, 0.4) is 0 Å². The van der Waals surface area contributed by atoms with Gasteiger partial charge in [0.15, 0.2) is 0 Å². The van der Waals surface area contributed by atoms with Crippen LogP contribution in [0, 0.1) is 5.92 Å². The number of hydrogen-bond donors (Lipinski definition) is 1. The molecule has 0 spiro atoms. The second-order valence-electron chi connectivity index (χ2n) is 5.50. The van der Waals surface area contributed by atoms with Gasteiger partial charge in [0.1, 0.15) is 11.6 Å². The fraction of sp³-hybridized carbons (Fsp3) is 0.667. The number of amides is 2. The Morgan fingerprint density at radius 1 is 1.57 bits per heavy atom. The minimum atomic E-state index is -0.145. The average Bonchev–Trinajstić information content (AvgIpc) is 3.01. The van der Waals surface area contributed by atoms with Gasteiger partial charge in [-0.2, -0.15) is 11.8 Å². The molecule has 2 amide bonds. The molecule has 0 aromatic carbocycles. The highest BCUT2D eigenvalue weighted by Gasteiger charge is 2.28. The van der Waals surface area contributed by atoms with E-state index in [0.29, 0.717) is 19.6 Å². The minimum absolute atomic E-state index is 0.000617. The van der Waals surface area contributed by atoms with E-state index < -0.39 is 0 Å². The molecule has 128 valence electrons. The monoisotopic (exact) mass is 357 g/mol. The van der Waals surface area contributed by atoms with Crippen molar-refractivity contribution in [2.75, 3.05) is 33.1 Å². The molecular formula is C15H23N3O3S2. The van der Waals surface area contributed by atoms with Gasteiger partial charge in [-0.3, -0.25) is 9.59 Å². The Morgan fingerprint density at radius 2 is 2.39 bits per heavy atom. The van der Waals surface area contributed by atoms with Crippen molar-refractivity contribution >= 4 is 34.9 Å². The number of rotatable bonds is 7. The van der Waals surface area contributed by atoms with Crippen molar-refractivity contribution < 1.29 is 14.3 Å². The van der Waals surface area contributed by atoms with Crippen molar-refractivity contribution in [2.24, 2.45) is 5.92 Å². The molecule has 2 heterocycles. The molecule has 1 aromatic heterocycles. The molecule has 6 nitrogen and oxygen atoms in total. The maximum absolute atomic E-state index is 12.3. The van der Waals surface area contributed by atoms with Crippen LogP contribution < -0.4 is 5.32 Å². The lowest BCUT2D eigenvalue weighted by Gasteiger charge is -2.31. The topological polar surface area (TPSA) is 71.5 Å². The lowest BCUT2D eigenvalue weighted by atomic mass is 9.97. The summed E-state index contributed by atoms with van der Waals surface area (Å²) in [7, 11) is 1.51. The number of thioether (sulfide) groups is 1. The molecule has 1 aliphatic rings. The Bertz CT molecular complexity index is 536. The highest BCUT2D eigenvalue weighted by atomic mass is 32.2. The van der Waals surface area contributed by atoms with E-state index >= 15 is 0 Å². The molecular weight excluding hydrogens is 334 g/mol. The fourth-order valence-corrected chi connectivity index (χ4v) is 4.09. The number of aromatic nitrogens is 1. The summed E-state index contributed by atoms with van der Waals surface area (Å²) in [5.41, 5.74) is 0.899. The van der Waals surface area contributed by atoms with Gasteiger partial charge in [0, 0.05) is 31.3 Å². The SMILES string of the molecule is COCC(=O)N1CCC[C@H](C(=O)NCc2csc(CSC)n2)C1. The maximum Gasteiger partial charge on any atom is 0.248 e. The van der Waals surface area contributed by atoms with Crippen LogP contribution in [-0.2, 0) is 26.6 Å². The van der Waals surface area contributed by atoms with Crippen LogP contribution in [0.1, 0.15) is 23.5 Å². The smallest absolute Gasteiger partial charge is 0.248 e. The molecule has 1 N–H and O–H groups in total. The van der Waals surface area contributed by atoms with Gasteiger partial charge in [-0.25, -0.2) is 4.98 Å². The summed E-state index contributed by atoms with van der Waals surface area (Å²) < 4.78 is 4.88. The molecule has 2 rings (SSSR count). The first-order valence-corrected chi connectivity index (χ1v) is 9.88. The lowest BCUT2D eigenvalue weighted by molar-refractivity contribution is -0.139. The molecule has 1 saturated heterocycles. The number of likely N-dealkylation sites (tertiary alicyclic amines) is 1. The molecule has 0 aliphatic carbocycles. The first-order valence-electron chi connectivity index (χ1n) is 7.60. The van der Waals surface area contributed by atoms with E-state index in [0.717, 1.165) is 29.3 Å². The van der Waals surface area contributed by atoms with Crippen molar-refractivity contribution in [3.63, 3.8) is 0 Å². The molecule has 0 bridgehead atoms. The van der Waals surface area contributed by atoms with Crippen LogP contribution in [0.25, 0.3) is 0 Å². The van der Waals surface area contributed by atoms with E-state index in [1.807, 2.05) is 11.6 Å². The van der Waals surface area contributed by atoms with Crippen molar-refractivity contribution in [1.82, 2.24) is 15.2 Å². The zero-order valence-electron chi connectivity index (χ0n) is 13.5. The number of thiazole rings is 1.